The molecule has 2 atom stereocenters. The fourth-order valence-corrected chi connectivity index (χ4v) is 1.77. The van der Waals surface area contributed by atoms with Crippen LogP contribution >= 0.6 is 11.8 Å². The second-order valence-electron chi connectivity index (χ2n) is 4.03. The number of thioether (sulfide) groups is 1. The molecule has 0 saturated carbocycles. The molecule has 0 aliphatic rings. The molecule has 0 aliphatic carbocycles. The molecule has 0 heterocycles. The van der Waals surface area contributed by atoms with E-state index in [2.05, 4.69) is 10.1 Å². The molecule has 0 fully saturated rings. The standard InChI is InChI=1S/C12H19NO5S/c1-5-7(2)10(15)11(16)13-9(12(17)18-4)6-19-8(3)14/h7,9H,5-6H2,1-4H3,(H,13,16). The summed E-state index contributed by atoms with van der Waals surface area (Å²) in [6.45, 7) is 4.78. The fourth-order valence-electron chi connectivity index (χ4n) is 1.15. The Morgan fingerprint density at radius 3 is 2.26 bits per heavy atom. The van der Waals surface area contributed by atoms with Gasteiger partial charge in [0.1, 0.15) is 6.04 Å². The van der Waals surface area contributed by atoms with Crippen molar-refractivity contribution in [3.05, 3.63) is 0 Å². The van der Waals surface area contributed by atoms with E-state index in [1.165, 1.54) is 14.0 Å². The number of ether oxygens (including phenoxy) is 1. The van der Waals surface area contributed by atoms with Crippen LogP contribution in [0.5, 0.6) is 0 Å². The Hall–Kier alpha value is -1.37. The Bertz CT molecular complexity index is 369. The summed E-state index contributed by atoms with van der Waals surface area (Å²) >= 11 is 0.885. The topological polar surface area (TPSA) is 89.5 Å². The van der Waals surface area contributed by atoms with Gasteiger partial charge in [0, 0.05) is 18.6 Å². The molecule has 1 amide bonds. The summed E-state index contributed by atoms with van der Waals surface area (Å²) in [6.07, 6.45) is 0.539. The van der Waals surface area contributed by atoms with Crippen molar-refractivity contribution < 1.29 is 23.9 Å². The SMILES string of the molecule is CCC(C)C(=O)C(=O)NC(CSC(C)=O)C(=O)OC. The predicted octanol–water partition coefficient (Wildman–Crippen LogP) is 0.539. The van der Waals surface area contributed by atoms with Crippen LogP contribution in [0, 0.1) is 5.92 Å². The number of carbonyl (C=O) groups is 4. The molecule has 0 aromatic rings. The zero-order valence-electron chi connectivity index (χ0n) is 11.5. The molecule has 0 aromatic heterocycles. The number of hydrogen-bond donors (Lipinski definition) is 1. The van der Waals surface area contributed by atoms with Gasteiger partial charge in [-0.1, -0.05) is 25.6 Å². The van der Waals surface area contributed by atoms with Crippen LogP contribution in [0.1, 0.15) is 27.2 Å². The lowest BCUT2D eigenvalue weighted by atomic mass is 10.0. The van der Waals surface area contributed by atoms with Gasteiger partial charge in [-0.2, -0.15) is 0 Å². The van der Waals surface area contributed by atoms with Gasteiger partial charge in [0.15, 0.2) is 5.12 Å². The highest BCUT2D eigenvalue weighted by Gasteiger charge is 2.27. The lowest BCUT2D eigenvalue weighted by Crippen LogP contribution is -2.47. The Morgan fingerprint density at radius 2 is 1.84 bits per heavy atom. The molecule has 0 rings (SSSR count). The van der Waals surface area contributed by atoms with Gasteiger partial charge in [-0.25, -0.2) is 4.79 Å². The van der Waals surface area contributed by atoms with E-state index >= 15 is 0 Å². The Balaban J connectivity index is 4.63. The molecule has 108 valence electrons. The van der Waals surface area contributed by atoms with Gasteiger partial charge in [-0.3, -0.25) is 14.4 Å². The number of carbonyl (C=O) groups excluding carboxylic acids is 4. The molecule has 1 N–H and O–H groups in total. The van der Waals surface area contributed by atoms with Crippen LogP contribution in [0.15, 0.2) is 0 Å². The predicted molar refractivity (Wildman–Crippen MR) is 71.5 cm³/mol. The van der Waals surface area contributed by atoms with Crippen LogP contribution in [-0.2, 0) is 23.9 Å². The molecule has 0 saturated heterocycles. The van der Waals surface area contributed by atoms with Crippen molar-refractivity contribution in [3.8, 4) is 0 Å². The summed E-state index contributed by atoms with van der Waals surface area (Å²) in [6, 6.07) is -1.00. The van der Waals surface area contributed by atoms with Crippen LogP contribution in [0.4, 0.5) is 0 Å². The fraction of sp³-hybridized carbons (Fsp3) is 0.667. The van der Waals surface area contributed by atoms with Gasteiger partial charge in [0.05, 0.1) is 7.11 Å². The van der Waals surface area contributed by atoms with Gasteiger partial charge in [0.2, 0.25) is 5.78 Å². The quantitative estimate of drug-likeness (QED) is 0.543. The van der Waals surface area contributed by atoms with E-state index in [1.807, 2.05) is 0 Å². The van der Waals surface area contributed by atoms with Crippen LogP contribution in [-0.4, -0.2) is 41.7 Å². The maximum atomic E-state index is 11.7. The van der Waals surface area contributed by atoms with Crippen LogP contribution in [0.2, 0.25) is 0 Å². The van der Waals surface area contributed by atoms with Crippen molar-refractivity contribution in [1.29, 1.82) is 0 Å². The number of hydrogen-bond acceptors (Lipinski definition) is 6. The second-order valence-corrected chi connectivity index (χ2v) is 5.22. The van der Waals surface area contributed by atoms with Crippen molar-refractivity contribution >= 4 is 34.5 Å². The average molecular weight is 289 g/mol. The summed E-state index contributed by atoms with van der Waals surface area (Å²) in [5.41, 5.74) is 0. The normalized spacial score (nSPS) is 13.3. The Labute approximate surface area is 116 Å². The van der Waals surface area contributed by atoms with E-state index < -0.39 is 29.6 Å². The summed E-state index contributed by atoms with van der Waals surface area (Å²) in [4.78, 5) is 45.6. The van der Waals surface area contributed by atoms with Crippen molar-refractivity contribution in [1.82, 2.24) is 5.32 Å². The number of methoxy groups -OCH3 is 1. The summed E-state index contributed by atoms with van der Waals surface area (Å²) < 4.78 is 4.52. The summed E-state index contributed by atoms with van der Waals surface area (Å²) in [7, 11) is 1.18. The number of amides is 1. The first-order valence-electron chi connectivity index (χ1n) is 5.89. The minimum atomic E-state index is -1.00. The molecule has 0 bridgehead atoms. The van der Waals surface area contributed by atoms with E-state index in [0.717, 1.165) is 11.8 Å². The minimum Gasteiger partial charge on any atom is -0.467 e. The first-order chi connectivity index (χ1) is 8.83. The number of ketones is 1. The first-order valence-corrected chi connectivity index (χ1v) is 6.87. The van der Waals surface area contributed by atoms with Gasteiger partial charge >= 0.3 is 5.97 Å². The molecule has 0 radical (unpaired) electrons. The third-order valence-electron chi connectivity index (χ3n) is 2.53. The number of Topliss-reactive ketones (excluding diaryl/α,β-unsaturated/α-hetero) is 1. The minimum absolute atomic E-state index is 0.0432. The van der Waals surface area contributed by atoms with Crippen molar-refractivity contribution in [2.45, 2.75) is 33.2 Å². The molecule has 19 heavy (non-hydrogen) atoms. The monoisotopic (exact) mass is 289 g/mol. The van der Waals surface area contributed by atoms with Crippen LogP contribution < -0.4 is 5.32 Å². The lowest BCUT2D eigenvalue weighted by molar-refractivity contribution is -0.146. The van der Waals surface area contributed by atoms with E-state index in [9.17, 15) is 19.2 Å². The van der Waals surface area contributed by atoms with Crippen LogP contribution in [0.3, 0.4) is 0 Å². The molecule has 7 heteroatoms. The highest BCUT2D eigenvalue weighted by atomic mass is 32.2. The molecule has 0 aromatic carbocycles. The number of rotatable bonds is 7. The lowest BCUT2D eigenvalue weighted by Gasteiger charge is -2.16. The van der Waals surface area contributed by atoms with E-state index in [-0.39, 0.29) is 10.9 Å². The zero-order valence-corrected chi connectivity index (χ0v) is 12.3. The molecule has 0 aliphatic heterocycles. The van der Waals surface area contributed by atoms with Gasteiger partial charge in [-0.15, -0.1) is 0 Å². The highest BCUT2D eigenvalue weighted by Crippen LogP contribution is 2.07. The molecular formula is C12H19NO5S. The van der Waals surface area contributed by atoms with Crippen molar-refractivity contribution in [2.75, 3.05) is 12.9 Å². The van der Waals surface area contributed by atoms with E-state index in [0.29, 0.717) is 6.42 Å². The molecule has 6 nitrogen and oxygen atoms in total. The maximum absolute atomic E-state index is 11.7. The third-order valence-corrected chi connectivity index (χ3v) is 3.43. The number of nitrogens with one attached hydrogen (secondary N) is 1. The zero-order chi connectivity index (χ0) is 15.0. The summed E-state index contributed by atoms with van der Waals surface area (Å²) in [5.74, 6) is -2.45. The average Bonchev–Trinajstić information content (AvgIpc) is 2.39. The summed E-state index contributed by atoms with van der Waals surface area (Å²) in [5, 5.41) is 2.12. The van der Waals surface area contributed by atoms with Crippen LogP contribution in [0.25, 0.3) is 0 Å². The molecule has 2 unspecified atom stereocenters. The molecular weight excluding hydrogens is 270 g/mol. The maximum Gasteiger partial charge on any atom is 0.329 e. The Kier molecular flexibility index (Phi) is 8.06. The van der Waals surface area contributed by atoms with E-state index in [4.69, 9.17) is 0 Å². The third kappa shape index (κ3) is 6.37. The first kappa shape index (κ1) is 17.6. The van der Waals surface area contributed by atoms with Gasteiger partial charge < -0.3 is 10.1 Å². The Morgan fingerprint density at radius 1 is 1.26 bits per heavy atom. The van der Waals surface area contributed by atoms with Gasteiger partial charge in [0.25, 0.3) is 5.91 Å². The second kappa shape index (κ2) is 8.68. The molecule has 0 spiro atoms. The number of esters is 1. The largest absolute Gasteiger partial charge is 0.467 e. The smallest absolute Gasteiger partial charge is 0.329 e. The van der Waals surface area contributed by atoms with Gasteiger partial charge in [-0.05, 0) is 6.42 Å². The van der Waals surface area contributed by atoms with E-state index in [1.54, 1.807) is 13.8 Å². The highest BCUT2D eigenvalue weighted by molar-refractivity contribution is 8.13. The van der Waals surface area contributed by atoms with Crippen molar-refractivity contribution in [3.63, 3.8) is 0 Å². The van der Waals surface area contributed by atoms with Crippen molar-refractivity contribution in [2.24, 2.45) is 5.92 Å².